The maximum Gasteiger partial charge on any atom is 0.255 e. The monoisotopic (exact) mass is 383 g/mol. The molecule has 6 nitrogen and oxygen atoms in total. The van der Waals surface area contributed by atoms with Gasteiger partial charge in [-0.15, -0.1) is 0 Å². The van der Waals surface area contributed by atoms with Crippen LogP contribution in [-0.2, 0) is 16.1 Å². The van der Waals surface area contributed by atoms with Crippen LogP contribution in [0.5, 0.6) is 0 Å². The van der Waals surface area contributed by atoms with Gasteiger partial charge in [-0.05, 0) is 76.2 Å². The van der Waals surface area contributed by atoms with Gasteiger partial charge in [0.05, 0.1) is 0 Å². The number of carbonyl (C=O) groups excluding carboxylic acids is 3. The second-order valence-corrected chi connectivity index (χ2v) is 9.21. The topological polar surface area (TPSA) is 69.7 Å². The summed E-state index contributed by atoms with van der Waals surface area (Å²) in [6.45, 7) is 9.35. The molecule has 3 aliphatic rings. The van der Waals surface area contributed by atoms with E-state index in [4.69, 9.17) is 0 Å². The van der Waals surface area contributed by atoms with Gasteiger partial charge in [-0.1, -0.05) is 12.1 Å². The van der Waals surface area contributed by atoms with Crippen molar-refractivity contribution in [1.82, 2.24) is 15.1 Å². The molecule has 0 saturated carbocycles. The Balaban J connectivity index is 1.54. The second kappa shape index (κ2) is 6.99. The van der Waals surface area contributed by atoms with E-state index in [1.807, 2.05) is 12.1 Å². The highest BCUT2D eigenvalue weighted by Crippen LogP contribution is 2.37. The number of hydrogen-bond acceptors (Lipinski definition) is 4. The van der Waals surface area contributed by atoms with Crippen LogP contribution >= 0.6 is 0 Å². The molecule has 1 unspecified atom stereocenters. The van der Waals surface area contributed by atoms with Crippen molar-refractivity contribution in [3.8, 4) is 0 Å². The maximum atomic E-state index is 13.0. The van der Waals surface area contributed by atoms with Gasteiger partial charge in [0, 0.05) is 24.1 Å². The highest BCUT2D eigenvalue weighted by atomic mass is 16.2. The summed E-state index contributed by atoms with van der Waals surface area (Å²) < 4.78 is 0. The first-order valence-electron chi connectivity index (χ1n) is 10.3. The zero-order valence-corrected chi connectivity index (χ0v) is 17.0. The number of nitrogens with one attached hydrogen (secondary N) is 1. The van der Waals surface area contributed by atoms with Crippen molar-refractivity contribution in [2.75, 3.05) is 13.1 Å². The molecule has 1 aromatic carbocycles. The van der Waals surface area contributed by atoms with Crippen molar-refractivity contribution in [2.24, 2.45) is 0 Å². The van der Waals surface area contributed by atoms with Gasteiger partial charge < -0.3 is 4.90 Å². The van der Waals surface area contributed by atoms with Crippen LogP contribution in [0, 0.1) is 0 Å². The lowest BCUT2D eigenvalue weighted by Gasteiger charge is -2.41. The SMILES string of the molecule is CC(C)(C)N1CCC(c2cccc3c2CN(C2CCC(=O)NC2=O)C3=O)CC1. The predicted molar refractivity (Wildman–Crippen MR) is 106 cm³/mol. The van der Waals surface area contributed by atoms with Crippen LogP contribution in [0.15, 0.2) is 18.2 Å². The van der Waals surface area contributed by atoms with E-state index in [0.29, 0.717) is 18.9 Å². The number of likely N-dealkylation sites (tertiary alicyclic amines) is 1. The van der Waals surface area contributed by atoms with Crippen LogP contribution in [0.3, 0.4) is 0 Å². The second-order valence-electron chi connectivity index (χ2n) is 9.21. The highest BCUT2D eigenvalue weighted by Gasteiger charge is 2.40. The number of piperidine rings is 2. The molecule has 150 valence electrons. The smallest absolute Gasteiger partial charge is 0.255 e. The molecule has 2 saturated heterocycles. The Labute approximate surface area is 166 Å². The number of hydrogen-bond donors (Lipinski definition) is 1. The lowest BCUT2D eigenvalue weighted by atomic mass is 9.84. The van der Waals surface area contributed by atoms with Crippen LogP contribution in [-0.4, -0.2) is 52.2 Å². The van der Waals surface area contributed by atoms with Crippen LogP contribution in [0.1, 0.15) is 73.9 Å². The van der Waals surface area contributed by atoms with Crippen molar-refractivity contribution in [3.05, 3.63) is 34.9 Å². The fourth-order valence-corrected chi connectivity index (χ4v) is 4.85. The molecule has 3 heterocycles. The first-order valence-corrected chi connectivity index (χ1v) is 10.3. The number of imide groups is 1. The average Bonchev–Trinajstić information content (AvgIpc) is 2.98. The van der Waals surface area contributed by atoms with Gasteiger partial charge in [0.1, 0.15) is 6.04 Å². The number of benzene rings is 1. The van der Waals surface area contributed by atoms with Crippen molar-refractivity contribution in [1.29, 1.82) is 0 Å². The zero-order valence-electron chi connectivity index (χ0n) is 17.0. The fraction of sp³-hybridized carbons (Fsp3) is 0.591. The Bertz CT molecular complexity index is 819. The summed E-state index contributed by atoms with van der Waals surface area (Å²) in [7, 11) is 0. The predicted octanol–water partition coefficient (Wildman–Crippen LogP) is 2.43. The Hall–Kier alpha value is -2.21. The third-order valence-electron chi connectivity index (χ3n) is 6.50. The van der Waals surface area contributed by atoms with Crippen LogP contribution in [0.25, 0.3) is 0 Å². The summed E-state index contributed by atoms with van der Waals surface area (Å²) >= 11 is 0. The molecule has 0 aliphatic carbocycles. The lowest BCUT2D eigenvalue weighted by Crippen LogP contribution is -2.52. The maximum absolute atomic E-state index is 13.0. The van der Waals surface area contributed by atoms with Gasteiger partial charge in [0.25, 0.3) is 5.91 Å². The molecule has 1 atom stereocenters. The molecule has 6 heteroatoms. The third-order valence-corrected chi connectivity index (χ3v) is 6.50. The van der Waals surface area contributed by atoms with E-state index < -0.39 is 6.04 Å². The minimum Gasteiger partial charge on any atom is -0.322 e. The molecule has 0 radical (unpaired) electrons. The summed E-state index contributed by atoms with van der Waals surface area (Å²) in [6, 6.07) is 5.44. The molecule has 2 fully saturated rings. The molecule has 1 aromatic rings. The summed E-state index contributed by atoms with van der Waals surface area (Å²) in [5.74, 6) is -0.240. The normalized spacial score (nSPS) is 24.5. The zero-order chi connectivity index (χ0) is 20.1. The number of nitrogens with zero attached hydrogens (tertiary/aromatic N) is 2. The van der Waals surface area contributed by atoms with Gasteiger partial charge in [0.2, 0.25) is 11.8 Å². The quantitative estimate of drug-likeness (QED) is 0.797. The molecular formula is C22H29N3O3. The molecule has 0 spiro atoms. The first kappa shape index (κ1) is 19.1. The van der Waals surface area contributed by atoms with E-state index in [1.54, 1.807) is 4.90 Å². The third kappa shape index (κ3) is 3.34. The Morgan fingerprint density at radius 3 is 2.39 bits per heavy atom. The minimum atomic E-state index is -0.548. The van der Waals surface area contributed by atoms with Crippen LogP contribution in [0.2, 0.25) is 0 Å². The van der Waals surface area contributed by atoms with Gasteiger partial charge >= 0.3 is 0 Å². The highest BCUT2D eigenvalue weighted by molar-refractivity contribution is 6.05. The van der Waals surface area contributed by atoms with Crippen LogP contribution < -0.4 is 5.32 Å². The number of amides is 3. The summed E-state index contributed by atoms with van der Waals surface area (Å²) in [6.07, 6.45) is 2.86. The number of fused-ring (bicyclic) bond motifs is 1. The molecule has 0 aromatic heterocycles. The molecule has 0 bridgehead atoms. The molecule has 1 N–H and O–H groups in total. The summed E-state index contributed by atoms with van der Waals surface area (Å²) in [4.78, 5) is 40.9. The van der Waals surface area contributed by atoms with E-state index in [9.17, 15) is 14.4 Å². The van der Waals surface area contributed by atoms with E-state index in [2.05, 4.69) is 37.1 Å². The molecular weight excluding hydrogens is 354 g/mol. The van der Waals surface area contributed by atoms with Gasteiger partial charge in [-0.3, -0.25) is 24.6 Å². The Morgan fingerprint density at radius 2 is 1.75 bits per heavy atom. The molecule has 3 amide bonds. The van der Waals surface area contributed by atoms with E-state index in [0.717, 1.165) is 37.1 Å². The van der Waals surface area contributed by atoms with E-state index in [-0.39, 0.29) is 29.7 Å². The van der Waals surface area contributed by atoms with Crippen molar-refractivity contribution >= 4 is 17.7 Å². The Kier molecular flexibility index (Phi) is 4.78. The van der Waals surface area contributed by atoms with Gasteiger partial charge in [0.15, 0.2) is 0 Å². The van der Waals surface area contributed by atoms with Gasteiger partial charge in [-0.25, -0.2) is 0 Å². The fourth-order valence-electron chi connectivity index (χ4n) is 4.85. The van der Waals surface area contributed by atoms with Gasteiger partial charge in [-0.2, -0.15) is 0 Å². The Morgan fingerprint density at radius 1 is 1.04 bits per heavy atom. The minimum absolute atomic E-state index is 0.0847. The molecule has 28 heavy (non-hydrogen) atoms. The first-order chi connectivity index (χ1) is 13.3. The van der Waals surface area contributed by atoms with E-state index in [1.165, 1.54) is 5.56 Å². The summed E-state index contributed by atoms with van der Waals surface area (Å²) in [5, 5.41) is 2.37. The summed E-state index contributed by atoms with van der Waals surface area (Å²) in [5.41, 5.74) is 3.24. The lowest BCUT2D eigenvalue weighted by molar-refractivity contribution is -0.136. The van der Waals surface area contributed by atoms with Crippen molar-refractivity contribution in [2.45, 2.75) is 70.5 Å². The standard InChI is InChI=1S/C22H29N3O3/c1-22(2,3)24-11-9-14(10-12-24)15-5-4-6-16-17(15)13-25(21(16)28)18-7-8-19(26)23-20(18)27/h4-6,14,18H,7-13H2,1-3H3,(H,23,26,27). The number of carbonyl (C=O) groups is 3. The molecule has 3 aliphatic heterocycles. The van der Waals surface area contributed by atoms with E-state index >= 15 is 0 Å². The van der Waals surface area contributed by atoms with Crippen molar-refractivity contribution < 1.29 is 14.4 Å². The average molecular weight is 383 g/mol. The number of rotatable bonds is 2. The molecule has 4 rings (SSSR count). The van der Waals surface area contributed by atoms with Crippen LogP contribution in [0.4, 0.5) is 0 Å². The largest absolute Gasteiger partial charge is 0.322 e. The van der Waals surface area contributed by atoms with Crippen molar-refractivity contribution in [3.63, 3.8) is 0 Å².